The van der Waals surface area contributed by atoms with Gasteiger partial charge in [-0.15, -0.1) is 0 Å². The predicted octanol–water partition coefficient (Wildman–Crippen LogP) is 2.45. The van der Waals surface area contributed by atoms with Crippen molar-refractivity contribution in [2.24, 2.45) is 5.73 Å². The van der Waals surface area contributed by atoms with E-state index in [1.165, 1.54) is 12.5 Å². The number of aromatic nitrogens is 2. The van der Waals surface area contributed by atoms with E-state index in [1.54, 1.807) is 12.1 Å². The lowest BCUT2D eigenvalue weighted by Crippen LogP contribution is -2.48. The van der Waals surface area contributed by atoms with Gasteiger partial charge in [0.25, 0.3) is 11.8 Å². The van der Waals surface area contributed by atoms with Crippen molar-refractivity contribution in [3.8, 4) is 0 Å². The Bertz CT molecular complexity index is 1140. The number of primary amides is 1. The first-order valence-electron chi connectivity index (χ1n) is 10.9. The summed E-state index contributed by atoms with van der Waals surface area (Å²) in [5.74, 6) is 0.597. The van der Waals surface area contributed by atoms with Gasteiger partial charge in [-0.2, -0.15) is 4.98 Å². The number of hydrogen-bond acceptors (Lipinski definition) is 8. The summed E-state index contributed by atoms with van der Waals surface area (Å²) in [4.78, 5) is 36.8. The Hall–Kier alpha value is -4.08. The first-order valence-corrected chi connectivity index (χ1v) is 10.9. The third kappa shape index (κ3) is 4.74. The molecule has 3 aromatic rings. The number of anilines is 4. The minimum atomic E-state index is -0.556. The Labute approximate surface area is 190 Å². The Morgan fingerprint density at radius 1 is 1.06 bits per heavy atom. The van der Waals surface area contributed by atoms with Gasteiger partial charge in [-0.25, -0.2) is 4.98 Å². The van der Waals surface area contributed by atoms with Crippen LogP contribution in [0.15, 0.2) is 53.3 Å². The highest BCUT2D eigenvalue weighted by molar-refractivity contribution is 5.97. The van der Waals surface area contributed by atoms with E-state index in [1.807, 2.05) is 29.2 Å². The smallest absolute Gasteiger partial charge is 0.289 e. The van der Waals surface area contributed by atoms with Crippen molar-refractivity contribution >= 4 is 35.0 Å². The molecule has 0 spiro atoms. The number of benzene rings is 1. The van der Waals surface area contributed by atoms with E-state index in [0.29, 0.717) is 36.7 Å². The van der Waals surface area contributed by atoms with Crippen molar-refractivity contribution in [2.75, 3.05) is 41.7 Å². The lowest BCUT2D eigenvalue weighted by molar-refractivity contribution is 0.0714. The molecular formula is C23H25N7O3. The maximum atomic E-state index is 12.4. The number of amides is 2. The second-order valence-corrected chi connectivity index (χ2v) is 8.17. The van der Waals surface area contributed by atoms with Crippen molar-refractivity contribution in [3.63, 3.8) is 0 Å². The Morgan fingerprint density at radius 2 is 1.82 bits per heavy atom. The van der Waals surface area contributed by atoms with Crippen molar-refractivity contribution in [2.45, 2.75) is 18.9 Å². The van der Waals surface area contributed by atoms with Gasteiger partial charge in [-0.1, -0.05) is 0 Å². The molecular weight excluding hydrogens is 422 g/mol. The van der Waals surface area contributed by atoms with Gasteiger partial charge >= 0.3 is 0 Å². The van der Waals surface area contributed by atoms with Crippen LogP contribution >= 0.6 is 0 Å². The third-order valence-electron chi connectivity index (χ3n) is 5.76. The molecule has 10 heteroatoms. The average Bonchev–Trinajstić information content (AvgIpc) is 3.47. The van der Waals surface area contributed by atoms with Gasteiger partial charge in [-0.05, 0) is 49.2 Å². The molecule has 2 aliphatic rings. The number of hydrogen-bond donors (Lipinski definition) is 3. The predicted molar refractivity (Wildman–Crippen MR) is 124 cm³/mol. The van der Waals surface area contributed by atoms with Crippen molar-refractivity contribution in [3.05, 3.63) is 60.2 Å². The molecule has 0 bridgehead atoms. The summed E-state index contributed by atoms with van der Waals surface area (Å²) in [5.41, 5.74) is 7.63. The van der Waals surface area contributed by atoms with Crippen LogP contribution in [0.5, 0.6) is 0 Å². The van der Waals surface area contributed by atoms with Gasteiger partial charge in [0.05, 0.1) is 11.8 Å². The van der Waals surface area contributed by atoms with E-state index in [2.05, 4.69) is 25.5 Å². The molecule has 1 aliphatic heterocycles. The number of piperazine rings is 1. The number of rotatable bonds is 7. The minimum Gasteiger partial charge on any atom is -0.459 e. The average molecular weight is 447 g/mol. The first kappa shape index (κ1) is 20.8. The van der Waals surface area contributed by atoms with Crippen LogP contribution in [0.25, 0.3) is 0 Å². The van der Waals surface area contributed by atoms with Crippen LogP contribution in [0.2, 0.25) is 0 Å². The molecule has 10 nitrogen and oxygen atoms in total. The highest BCUT2D eigenvalue weighted by atomic mass is 16.3. The second-order valence-electron chi connectivity index (χ2n) is 8.17. The quantitative estimate of drug-likeness (QED) is 0.504. The lowest BCUT2D eigenvalue weighted by Gasteiger charge is -2.35. The van der Waals surface area contributed by atoms with Gasteiger partial charge in [0.1, 0.15) is 5.82 Å². The van der Waals surface area contributed by atoms with E-state index >= 15 is 0 Å². The van der Waals surface area contributed by atoms with Crippen LogP contribution in [-0.4, -0.2) is 58.9 Å². The van der Waals surface area contributed by atoms with E-state index in [9.17, 15) is 9.59 Å². The number of nitrogens with two attached hydrogens (primary N) is 1. The number of carbonyl (C=O) groups is 2. The van der Waals surface area contributed by atoms with E-state index in [-0.39, 0.29) is 11.5 Å². The molecule has 1 aliphatic carbocycles. The van der Waals surface area contributed by atoms with E-state index < -0.39 is 5.91 Å². The molecule has 1 saturated heterocycles. The zero-order valence-electron chi connectivity index (χ0n) is 18.0. The maximum absolute atomic E-state index is 12.4. The summed E-state index contributed by atoms with van der Waals surface area (Å²) in [6.07, 6.45) is 5.07. The molecule has 1 aromatic carbocycles. The van der Waals surface area contributed by atoms with Crippen LogP contribution in [0.3, 0.4) is 0 Å². The second kappa shape index (κ2) is 8.81. The maximum Gasteiger partial charge on any atom is 0.289 e. The third-order valence-corrected chi connectivity index (χ3v) is 5.76. The van der Waals surface area contributed by atoms with Gasteiger partial charge in [-0.3, -0.25) is 9.59 Å². The topological polar surface area (TPSA) is 130 Å². The summed E-state index contributed by atoms with van der Waals surface area (Å²) in [7, 11) is 0. The number of nitrogens with one attached hydrogen (secondary N) is 2. The Kier molecular flexibility index (Phi) is 5.55. The standard InChI is InChI=1S/C23H25N7O3/c24-20(31)18-14-25-23(28-21(18)26-15-3-4-15)27-16-5-7-17(8-6-16)29-9-11-30(12-10-29)22(32)19-2-1-13-33-19/h1-2,5-8,13-15H,3-4,9-12H2,(H2,24,31)(H2,25,26,27,28). The number of nitrogens with zero attached hydrogens (tertiary/aromatic N) is 4. The SMILES string of the molecule is NC(=O)c1cnc(Nc2ccc(N3CCN(C(=O)c4ccco4)CC3)cc2)nc1NC1CC1. The van der Waals surface area contributed by atoms with E-state index in [4.69, 9.17) is 10.2 Å². The normalized spacial score (nSPS) is 15.9. The fourth-order valence-corrected chi connectivity index (χ4v) is 3.76. The van der Waals surface area contributed by atoms with Crippen molar-refractivity contribution in [1.82, 2.24) is 14.9 Å². The van der Waals surface area contributed by atoms with Crippen LogP contribution in [-0.2, 0) is 0 Å². The summed E-state index contributed by atoms with van der Waals surface area (Å²) in [5, 5.41) is 6.41. The highest BCUT2D eigenvalue weighted by Gasteiger charge is 2.25. The summed E-state index contributed by atoms with van der Waals surface area (Å²) >= 11 is 0. The zero-order valence-corrected chi connectivity index (χ0v) is 18.0. The molecule has 4 N–H and O–H groups in total. The summed E-state index contributed by atoms with van der Waals surface area (Å²) < 4.78 is 5.22. The molecule has 170 valence electrons. The largest absolute Gasteiger partial charge is 0.459 e. The monoisotopic (exact) mass is 447 g/mol. The van der Waals surface area contributed by atoms with Gasteiger partial charge in [0, 0.05) is 49.8 Å². The van der Waals surface area contributed by atoms with Crippen LogP contribution in [0.1, 0.15) is 33.8 Å². The molecule has 0 atom stereocenters. The summed E-state index contributed by atoms with van der Waals surface area (Å²) in [6.45, 7) is 2.76. The van der Waals surface area contributed by atoms with Crippen LogP contribution in [0, 0.1) is 0 Å². The molecule has 3 heterocycles. The fourth-order valence-electron chi connectivity index (χ4n) is 3.76. The zero-order chi connectivity index (χ0) is 22.8. The molecule has 0 unspecified atom stereocenters. The molecule has 2 amide bonds. The first-order chi connectivity index (χ1) is 16.1. The molecule has 1 saturated carbocycles. The molecule has 2 aromatic heterocycles. The van der Waals surface area contributed by atoms with Crippen molar-refractivity contribution < 1.29 is 14.0 Å². The van der Waals surface area contributed by atoms with E-state index in [0.717, 1.165) is 37.3 Å². The minimum absolute atomic E-state index is 0.0721. The van der Waals surface area contributed by atoms with Crippen molar-refractivity contribution in [1.29, 1.82) is 0 Å². The van der Waals surface area contributed by atoms with Gasteiger partial charge in [0.2, 0.25) is 5.95 Å². The Balaban J connectivity index is 1.20. The fraction of sp³-hybridized carbons (Fsp3) is 0.304. The van der Waals surface area contributed by atoms with Crippen LogP contribution in [0.4, 0.5) is 23.1 Å². The van der Waals surface area contributed by atoms with Gasteiger partial charge < -0.3 is 30.6 Å². The lowest BCUT2D eigenvalue weighted by atomic mass is 10.2. The molecule has 33 heavy (non-hydrogen) atoms. The summed E-state index contributed by atoms with van der Waals surface area (Å²) in [6, 6.07) is 11.7. The Morgan fingerprint density at radius 3 is 2.45 bits per heavy atom. The van der Waals surface area contributed by atoms with Crippen LogP contribution < -0.4 is 21.3 Å². The molecule has 5 rings (SSSR count). The number of carbonyl (C=O) groups excluding carboxylic acids is 2. The highest BCUT2D eigenvalue weighted by Crippen LogP contribution is 2.27. The molecule has 2 fully saturated rings. The number of furan rings is 1. The van der Waals surface area contributed by atoms with Gasteiger partial charge in [0.15, 0.2) is 5.76 Å². The molecule has 0 radical (unpaired) electrons.